The first-order chi connectivity index (χ1) is 13.9. The highest BCUT2D eigenvalue weighted by Gasteiger charge is 2.37. The summed E-state index contributed by atoms with van der Waals surface area (Å²) >= 11 is 0. The van der Waals surface area contributed by atoms with Gasteiger partial charge in [0.1, 0.15) is 6.17 Å². The molecular weight excluding hydrogens is 352 g/mol. The zero-order valence-corrected chi connectivity index (χ0v) is 19.0. The Hall–Kier alpha value is -2.22. The second-order valence-corrected chi connectivity index (χ2v) is 9.26. The van der Waals surface area contributed by atoms with Gasteiger partial charge < -0.3 is 9.80 Å². The first kappa shape index (κ1) is 20.1. The van der Waals surface area contributed by atoms with Gasteiger partial charge in [0, 0.05) is 23.5 Å². The first-order valence-electron chi connectivity index (χ1n) is 11.4. The molecule has 2 aliphatic carbocycles. The predicted octanol–water partition coefficient (Wildman–Crippen LogP) is 7.20. The van der Waals surface area contributed by atoms with Crippen LogP contribution in [0.15, 0.2) is 82.0 Å². The molecule has 2 heterocycles. The van der Waals surface area contributed by atoms with E-state index in [-0.39, 0.29) is 0 Å². The molecule has 0 amide bonds. The second-order valence-electron chi connectivity index (χ2n) is 9.26. The minimum absolute atomic E-state index is 0.300. The highest BCUT2D eigenvalue weighted by Crippen LogP contribution is 2.44. The molecule has 1 unspecified atom stereocenters. The van der Waals surface area contributed by atoms with Crippen molar-refractivity contribution in [2.24, 2.45) is 11.8 Å². The van der Waals surface area contributed by atoms with Crippen molar-refractivity contribution < 1.29 is 0 Å². The standard InChI is InChI=1S/C27H36N2/c1-7-10-23-12-8-11-19(3)26(23)25-14-9-13-24-17-28(22(6)29(24)25)27-20(4)15-18(2)16-21(27)5/h8-9,11,13-15,17,21-23H,7,10,12,16H2,1-6H3/t21-,22?,23-/m1/s1. The van der Waals surface area contributed by atoms with Crippen LogP contribution in [0.5, 0.6) is 0 Å². The van der Waals surface area contributed by atoms with Gasteiger partial charge >= 0.3 is 0 Å². The number of rotatable bonds is 4. The maximum atomic E-state index is 2.57. The summed E-state index contributed by atoms with van der Waals surface area (Å²) in [6.45, 7) is 13.9. The van der Waals surface area contributed by atoms with Crippen molar-refractivity contribution >= 4 is 0 Å². The van der Waals surface area contributed by atoms with Crippen molar-refractivity contribution in [3.63, 3.8) is 0 Å². The van der Waals surface area contributed by atoms with Crippen LogP contribution in [-0.4, -0.2) is 16.0 Å². The molecule has 0 bridgehead atoms. The fraction of sp³-hybridized carbons (Fsp3) is 0.481. The maximum Gasteiger partial charge on any atom is 0.107 e. The third-order valence-electron chi connectivity index (χ3n) is 6.88. The number of nitrogens with zero attached hydrogens (tertiary/aromatic N) is 2. The zero-order valence-electron chi connectivity index (χ0n) is 19.0. The fourth-order valence-corrected chi connectivity index (χ4v) is 5.81. The second kappa shape index (κ2) is 7.89. The van der Waals surface area contributed by atoms with E-state index in [2.05, 4.69) is 94.0 Å². The predicted molar refractivity (Wildman–Crippen MR) is 124 cm³/mol. The van der Waals surface area contributed by atoms with Gasteiger partial charge in [0.15, 0.2) is 0 Å². The topological polar surface area (TPSA) is 6.48 Å². The summed E-state index contributed by atoms with van der Waals surface area (Å²) in [5, 5.41) is 0. The molecule has 2 heteroatoms. The molecule has 29 heavy (non-hydrogen) atoms. The molecule has 0 aromatic rings. The number of fused-ring (bicyclic) bond motifs is 1. The van der Waals surface area contributed by atoms with Gasteiger partial charge in [-0.3, -0.25) is 0 Å². The third kappa shape index (κ3) is 3.47. The highest BCUT2D eigenvalue weighted by atomic mass is 15.4. The van der Waals surface area contributed by atoms with E-state index in [1.165, 1.54) is 46.7 Å². The molecule has 0 aromatic carbocycles. The molecule has 0 spiro atoms. The van der Waals surface area contributed by atoms with Crippen LogP contribution in [0.1, 0.15) is 67.2 Å². The molecule has 0 fully saturated rings. The van der Waals surface area contributed by atoms with Gasteiger partial charge in [-0.1, -0.05) is 50.1 Å². The summed E-state index contributed by atoms with van der Waals surface area (Å²) in [5.74, 6) is 1.19. The normalized spacial score (nSPS) is 29.3. The molecule has 0 radical (unpaired) electrons. The molecule has 4 aliphatic rings. The van der Waals surface area contributed by atoms with Gasteiger partial charge in [0.05, 0.1) is 5.70 Å². The third-order valence-corrected chi connectivity index (χ3v) is 6.88. The van der Waals surface area contributed by atoms with E-state index in [1.54, 1.807) is 5.57 Å². The van der Waals surface area contributed by atoms with E-state index < -0.39 is 0 Å². The van der Waals surface area contributed by atoms with Crippen LogP contribution >= 0.6 is 0 Å². The Balaban J connectivity index is 1.72. The lowest BCUT2D eigenvalue weighted by molar-refractivity contribution is 0.213. The molecule has 2 nitrogen and oxygen atoms in total. The Labute approximate surface area is 177 Å². The van der Waals surface area contributed by atoms with Crippen LogP contribution < -0.4 is 0 Å². The lowest BCUT2D eigenvalue weighted by atomic mass is 9.81. The van der Waals surface area contributed by atoms with E-state index in [9.17, 15) is 0 Å². The van der Waals surface area contributed by atoms with Crippen LogP contribution in [-0.2, 0) is 0 Å². The summed E-state index contributed by atoms with van der Waals surface area (Å²) in [6, 6.07) is 0. The molecule has 0 aromatic heterocycles. The largest absolute Gasteiger partial charge is 0.328 e. The van der Waals surface area contributed by atoms with Crippen molar-refractivity contribution in [1.82, 2.24) is 9.80 Å². The molecule has 0 saturated carbocycles. The van der Waals surface area contributed by atoms with Gasteiger partial charge in [0.2, 0.25) is 0 Å². The monoisotopic (exact) mass is 388 g/mol. The van der Waals surface area contributed by atoms with Crippen molar-refractivity contribution in [1.29, 1.82) is 0 Å². The van der Waals surface area contributed by atoms with Gasteiger partial charge in [-0.25, -0.2) is 0 Å². The maximum absolute atomic E-state index is 2.57. The quantitative estimate of drug-likeness (QED) is 0.502. The Morgan fingerprint density at radius 3 is 2.59 bits per heavy atom. The van der Waals surface area contributed by atoms with Crippen LogP contribution in [0.2, 0.25) is 0 Å². The summed E-state index contributed by atoms with van der Waals surface area (Å²) < 4.78 is 0. The summed E-state index contributed by atoms with van der Waals surface area (Å²) in [7, 11) is 0. The van der Waals surface area contributed by atoms with Crippen molar-refractivity contribution in [3.8, 4) is 0 Å². The Bertz CT molecular complexity index is 903. The molecule has 154 valence electrons. The zero-order chi connectivity index (χ0) is 20.7. The van der Waals surface area contributed by atoms with Crippen molar-refractivity contribution in [2.45, 2.75) is 73.4 Å². The van der Waals surface area contributed by atoms with E-state index >= 15 is 0 Å². The average molecular weight is 389 g/mol. The van der Waals surface area contributed by atoms with E-state index in [0.717, 1.165) is 12.8 Å². The van der Waals surface area contributed by atoms with E-state index in [0.29, 0.717) is 18.0 Å². The summed E-state index contributed by atoms with van der Waals surface area (Å²) in [4.78, 5) is 5.10. The van der Waals surface area contributed by atoms with E-state index in [1.807, 2.05) is 0 Å². The Morgan fingerprint density at radius 2 is 1.86 bits per heavy atom. The van der Waals surface area contributed by atoms with Gasteiger partial charge in [-0.05, 0) is 81.7 Å². The minimum Gasteiger partial charge on any atom is -0.328 e. The fourth-order valence-electron chi connectivity index (χ4n) is 5.81. The Morgan fingerprint density at radius 1 is 1.07 bits per heavy atom. The van der Waals surface area contributed by atoms with Gasteiger partial charge in [-0.2, -0.15) is 0 Å². The van der Waals surface area contributed by atoms with Crippen LogP contribution in [0.3, 0.4) is 0 Å². The molecule has 0 N–H and O–H groups in total. The molecule has 3 atom stereocenters. The number of hydrogen-bond donors (Lipinski definition) is 0. The number of hydrogen-bond acceptors (Lipinski definition) is 2. The van der Waals surface area contributed by atoms with Crippen molar-refractivity contribution in [2.75, 3.05) is 0 Å². The highest BCUT2D eigenvalue weighted by molar-refractivity contribution is 5.51. The minimum atomic E-state index is 0.300. The van der Waals surface area contributed by atoms with E-state index in [4.69, 9.17) is 0 Å². The van der Waals surface area contributed by atoms with Gasteiger partial charge in [0.25, 0.3) is 0 Å². The van der Waals surface area contributed by atoms with Crippen LogP contribution in [0, 0.1) is 11.8 Å². The SMILES string of the molecule is CCC[C@@H]1CC=CC(C)=C1C1=CC=CC2=CN(C3=C(C)C=C(C)C[C@H]3C)C(C)N21. The number of allylic oxidation sites excluding steroid dienone is 11. The van der Waals surface area contributed by atoms with Crippen LogP contribution in [0.4, 0.5) is 0 Å². The lowest BCUT2D eigenvalue weighted by Crippen LogP contribution is -2.39. The lowest BCUT2D eigenvalue weighted by Gasteiger charge is -2.40. The average Bonchev–Trinajstić information content (AvgIpc) is 2.98. The van der Waals surface area contributed by atoms with Crippen LogP contribution in [0.25, 0.3) is 0 Å². The Kier molecular flexibility index (Phi) is 5.46. The van der Waals surface area contributed by atoms with Gasteiger partial charge in [-0.15, -0.1) is 0 Å². The summed E-state index contributed by atoms with van der Waals surface area (Å²) in [6.07, 6.45) is 21.4. The van der Waals surface area contributed by atoms with Crippen molar-refractivity contribution in [3.05, 3.63) is 82.0 Å². The first-order valence-corrected chi connectivity index (χ1v) is 11.4. The summed E-state index contributed by atoms with van der Waals surface area (Å²) in [5.41, 5.74) is 10.1. The molecule has 4 rings (SSSR count). The molecular formula is C27H36N2. The smallest absolute Gasteiger partial charge is 0.107 e. The molecule has 0 saturated heterocycles. The molecule has 2 aliphatic heterocycles.